The summed E-state index contributed by atoms with van der Waals surface area (Å²) in [6.07, 6.45) is 6.14. The summed E-state index contributed by atoms with van der Waals surface area (Å²) in [6, 6.07) is 9.11. The second kappa shape index (κ2) is 10.5. The van der Waals surface area contributed by atoms with Crippen LogP contribution in [-0.4, -0.2) is 80.0 Å². The van der Waals surface area contributed by atoms with Crippen LogP contribution in [0.25, 0.3) is 22.9 Å². The Morgan fingerprint density at radius 3 is 2.63 bits per heavy atom. The van der Waals surface area contributed by atoms with Crippen LogP contribution in [0.2, 0.25) is 0 Å². The lowest BCUT2D eigenvalue weighted by molar-refractivity contribution is 0.0413. The normalized spacial score (nSPS) is 18.4. The largest absolute Gasteiger partial charge is 0.416 e. The summed E-state index contributed by atoms with van der Waals surface area (Å²) < 4.78 is 39.6. The van der Waals surface area contributed by atoms with Gasteiger partial charge >= 0.3 is 0 Å². The molecule has 0 unspecified atom stereocenters. The van der Waals surface area contributed by atoms with Gasteiger partial charge in [-0.15, -0.1) is 10.2 Å². The van der Waals surface area contributed by atoms with E-state index in [1.807, 2.05) is 12.1 Å². The molecule has 5 heterocycles. The molecule has 0 atom stereocenters. The maximum absolute atomic E-state index is 12.3. The van der Waals surface area contributed by atoms with Gasteiger partial charge in [0.2, 0.25) is 21.8 Å². The van der Waals surface area contributed by atoms with Crippen LogP contribution in [-0.2, 0) is 14.8 Å². The van der Waals surface area contributed by atoms with Crippen molar-refractivity contribution in [2.75, 3.05) is 59.7 Å². The smallest absolute Gasteiger partial charge is 0.250 e. The van der Waals surface area contributed by atoms with E-state index in [4.69, 9.17) is 14.3 Å². The number of piperidine rings is 1. The van der Waals surface area contributed by atoms with Crippen molar-refractivity contribution in [1.29, 1.82) is 0 Å². The maximum Gasteiger partial charge on any atom is 0.250 e. The topological polar surface area (TPSA) is 134 Å². The van der Waals surface area contributed by atoms with E-state index in [9.17, 15) is 8.42 Å². The van der Waals surface area contributed by atoms with E-state index in [-0.39, 0.29) is 11.9 Å². The fourth-order valence-corrected chi connectivity index (χ4v) is 5.89. The average molecular weight is 541 g/mol. The first-order valence-corrected chi connectivity index (χ1v) is 14.8. The summed E-state index contributed by atoms with van der Waals surface area (Å²) in [5.41, 5.74) is 2.74. The van der Waals surface area contributed by atoms with Crippen molar-refractivity contribution in [3.8, 4) is 22.9 Å². The van der Waals surface area contributed by atoms with Gasteiger partial charge in [0.15, 0.2) is 0 Å². The molecule has 0 spiro atoms. The van der Waals surface area contributed by atoms with Gasteiger partial charge in [0.1, 0.15) is 5.82 Å². The number of aliphatic hydroxyl groups is 1. The zero-order valence-corrected chi connectivity index (χ0v) is 21.9. The van der Waals surface area contributed by atoms with E-state index in [1.165, 1.54) is 12.8 Å². The molecule has 1 aromatic carbocycles. The molecule has 2 fully saturated rings. The van der Waals surface area contributed by atoms with E-state index < -0.39 is 16.6 Å². The van der Waals surface area contributed by atoms with Gasteiger partial charge < -0.3 is 24.1 Å². The zero-order valence-electron chi connectivity index (χ0n) is 21.1. The third-order valence-corrected chi connectivity index (χ3v) is 8.54. The van der Waals surface area contributed by atoms with Gasteiger partial charge in [0.05, 0.1) is 42.0 Å². The second-order valence-corrected chi connectivity index (χ2v) is 12.0. The van der Waals surface area contributed by atoms with Gasteiger partial charge in [0, 0.05) is 37.9 Å². The van der Waals surface area contributed by atoms with Gasteiger partial charge in [-0.3, -0.25) is 4.72 Å². The number of pyridine rings is 1. The molecule has 1 aliphatic carbocycles. The molecule has 202 valence electrons. The predicted molar refractivity (Wildman–Crippen MR) is 144 cm³/mol. The van der Waals surface area contributed by atoms with Crippen LogP contribution in [0.3, 0.4) is 0 Å². The highest BCUT2D eigenvalue weighted by molar-refractivity contribution is 7.92. The number of fused-ring (bicyclic) bond motifs is 5. The quantitative estimate of drug-likeness (QED) is 0.481. The Labute approximate surface area is 221 Å². The summed E-state index contributed by atoms with van der Waals surface area (Å²) in [4.78, 5) is 9.14. The van der Waals surface area contributed by atoms with Crippen molar-refractivity contribution < 1.29 is 22.7 Å². The van der Waals surface area contributed by atoms with Crippen LogP contribution < -0.4 is 14.5 Å². The third-order valence-electron chi connectivity index (χ3n) is 7.28. The lowest BCUT2D eigenvalue weighted by Gasteiger charge is -2.35. The number of aromatic nitrogens is 3. The van der Waals surface area contributed by atoms with Crippen molar-refractivity contribution in [1.82, 2.24) is 15.2 Å². The molecule has 12 heteroatoms. The molecule has 1 saturated heterocycles. The van der Waals surface area contributed by atoms with Crippen molar-refractivity contribution in [3.63, 3.8) is 0 Å². The van der Waals surface area contributed by atoms with Gasteiger partial charge in [0.25, 0.3) is 0 Å². The number of nitrogens with zero attached hydrogens (tertiary/aromatic N) is 5. The summed E-state index contributed by atoms with van der Waals surface area (Å²) in [5, 5.41) is 17.8. The van der Waals surface area contributed by atoms with Gasteiger partial charge in [-0.1, -0.05) is 0 Å². The number of benzene rings is 1. The highest BCUT2D eigenvalue weighted by atomic mass is 32.2. The summed E-state index contributed by atoms with van der Waals surface area (Å²) >= 11 is 0. The highest BCUT2D eigenvalue weighted by Gasteiger charge is 2.28. The number of hydrogen-bond donors (Lipinski definition) is 2. The molecule has 11 nitrogen and oxygen atoms in total. The monoisotopic (exact) mass is 540 g/mol. The lowest BCUT2D eigenvalue weighted by atomic mass is 10.0. The minimum absolute atomic E-state index is 0.158. The summed E-state index contributed by atoms with van der Waals surface area (Å²) in [6.45, 7) is 3.40. The van der Waals surface area contributed by atoms with Crippen molar-refractivity contribution in [3.05, 3.63) is 36.5 Å². The Morgan fingerprint density at radius 2 is 1.84 bits per heavy atom. The van der Waals surface area contributed by atoms with E-state index in [0.29, 0.717) is 30.0 Å². The van der Waals surface area contributed by atoms with E-state index >= 15 is 0 Å². The molecule has 3 aliphatic heterocycles. The Morgan fingerprint density at radius 1 is 1.03 bits per heavy atom. The third kappa shape index (κ3) is 5.62. The molecular weight excluding hydrogens is 508 g/mol. The Kier molecular flexibility index (Phi) is 6.93. The maximum atomic E-state index is 12.3. The van der Waals surface area contributed by atoms with E-state index in [2.05, 4.69) is 29.7 Å². The summed E-state index contributed by atoms with van der Waals surface area (Å²) in [7, 11) is -3.66. The van der Waals surface area contributed by atoms with Crippen molar-refractivity contribution >= 4 is 27.2 Å². The van der Waals surface area contributed by atoms with Gasteiger partial charge in [-0.25, -0.2) is 13.4 Å². The van der Waals surface area contributed by atoms with E-state index in [1.54, 1.807) is 24.4 Å². The molecule has 0 amide bonds. The molecule has 0 radical (unpaired) electrons. The molecule has 2 N–H and O–H groups in total. The van der Waals surface area contributed by atoms with Crippen LogP contribution in [0.4, 0.5) is 17.2 Å². The Balaban J connectivity index is 1.38. The van der Waals surface area contributed by atoms with Crippen LogP contribution in [0, 0.1) is 5.92 Å². The minimum atomic E-state index is -3.66. The van der Waals surface area contributed by atoms with Crippen molar-refractivity contribution in [2.24, 2.45) is 5.92 Å². The number of rotatable bonds is 6. The standard InChI is InChI=1S/C26H32N6O5S/c33-12-14-38(34,35)30-20-3-4-22-23(16-20)31-9-6-21(7-10-31)36-13-11-32(17-18-1-2-18)24-15-19(5-8-27-24)25-28-29-26(22)37-25/h3-5,8,15-16,18,21,30,33H,1-2,6-7,9-14,17H2. The number of nitrogens with one attached hydrogen (secondary N) is 1. The second-order valence-electron chi connectivity index (χ2n) is 10.1. The molecule has 1 saturated carbocycles. The number of hydrogen-bond acceptors (Lipinski definition) is 10. The number of anilines is 3. The lowest BCUT2D eigenvalue weighted by Crippen LogP contribution is -2.39. The Hall–Kier alpha value is -3.22. The molecule has 7 rings (SSSR count). The van der Waals surface area contributed by atoms with Crippen molar-refractivity contribution in [2.45, 2.75) is 31.8 Å². The SMILES string of the molecule is O=S(=O)(CCO)Nc1ccc2c(c1)N1CCC(CC1)OCCN(CC1CC1)c1cc(ccn1)-c1nnc-2o1. The first kappa shape index (κ1) is 25.1. The molecule has 3 aromatic rings. The fraction of sp³-hybridized carbons (Fsp3) is 0.500. The number of sulfonamides is 1. The van der Waals surface area contributed by atoms with Crippen LogP contribution in [0.15, 0.2) is 40.9 Å². The van der Waals surface area contributed by atoms with E-state index in [0.717, 1.165) is 61.7 Å². The first-order chi connectivity index (χ1) is 18.5. The molecule has 6 bridgehead atoms. The number of ether oxygens (including phenoxy) is 1. The average Bonchev–Trinajstić information content (AvgIpc) is 3.60. The minimum Gasteiger partial charge on any atom is -0.416 e. The highest BCUT2D eigenvalue weighted by Crippen LogP contribution is 2.37. The van der Waals surface area contributed by atoms with Gasteiger partial charge in [-0.05, 0) is 61.9 Å². The molecule has 38 heavy (non-hydrogen) atoms. The van der Waals surface area contributed by atoms with Gasteiger partial charge in [-0.2, -0.15) is 0 Å². The van der Waals surface area contributed by atoms with Crippen LogP contribution >= 0.6 is 0 Å². The number of aliphatic hydroxyl groups excluding tert-OH is 1. The molecule has 2 aromatic heterocycles. The van der Waals surface area contributed by atoms with Crippen LogP contribution in [0.1, 0.15) is 25.7 Å². The van der Waals surface area contributed by atoms with Crippen LogP contribution in [0.5, 0.6) is 0 Å². The summed E-state index contributed by atoms with van der Waals surface area (Å²) in [5.74, 6) is 1.97. The Bertz CT molecular complexity index is 1380. The molecular formula is C26H32N6O5S. The first-order valence-electron chi connectivity index (χ1n) is 13.1. The fourth-order valence-electron chi connectivity index (χ4n) is 5.07. The zero-order chi connectivity index (χ0) is 26.1. The molecule has 4 aliphatic rings. The predicted octanol–water partition coefficient (Wildman–Crippen LogP) is 2.75.